The summed E-state index contributed by atoms with van der Waals surface area (Å²) in [6.07, 6.45) is 7.08. The normalized spacial score (nSPS) is 12.3. The first-order chi connectivity index (χ1) is 31.9. The van der Waals surface area contributed by atoms with Crippen molar-refractivity contribution in [1.82, 2.24) is 26.3 Å². The minimum absolute atomic E-state index is 0.0311. The Morgan fingerprint density at radius 2 is 1.50 bits per heavy atom. The second kappa shape index (κ2) is 26.5. The second-order valence-electron chi connectivity index (χ2n) is 16.4. The van der Waals surface area contributed by atoms with Crippen LogP contribution >= 0.6 is 22.6 Å². The maximum absolute atomic E-state index is 13.5. The number of aromatic nitrogens is 2. The van der Waals surface area contributed by atoms with Gasteiger partial charge in [0, 0.05) is 52.9 Å². The molecule has 66 heavy (non-hydrogen) atoms. The molecule has 0 saturated carbocycles. The molecule has 2 aromatic heterocycles. The maximum Gasteiger partial charge on any atom is 0.407 e. The third kappa shape index (κ3) is 15.5. The number of halogens is 1. The number of fused-ring (bicyclic) bond motifs is 4. The number of H-pyrrole nitrogens is 1. The first-order valence-electron chi connectivity index (χ1n) is 22.4. The number of para-hydroxylation sites is 1. The zero-order valence-corrected chi connectivity index (χ0v) is 40.4. The zero-order chi connectivity index (χ0) is 47.4. The third-order valence-corrected chi connectivity index (χ3v) is 11.6. The molecule has 2 atom stereocenters. The van der Waals surface area contributed by atoms with Gasteiger partial charge in [-0.3, -0.25) is 14.4 Å². The highest BCUT2D eigenvalue weighted by molar-refractivity contribution is 14.1. The number of urea groups is 1. The Kier molecular flexibility index (Phi) is 20.7. The molecule has 0 aliphatic carbocycles. The average molecular weight is 1020 g/mol. The molecule has 0 spiro atoms. The van der Waals surface area contributed by atoms with Gasteiger partial charge in [-0.15, -0.1) is 0 Å². The van der Waals surface area contributed by atoms with E-state index in [1.54, 1.807) is 38.1 Å². The van der Waals surface area contributed by atoms with E-state index in [9.17, 15) is 24.0 Å². The number of unbranched alkanes of at least 4 members (excludes halogenated alkanes) is 2. The number of alkyl halides is 1. The number of pyridine rings is 1. The summed E-state index contributed by atoms with van der Waals surface area (Å²) in [4.78, 5) is 66.9. The van der Waals surface area contributed by atoms with E-state index in [-0.39, 0.29) is 45.3 Å². The zero-order valence-electron chi connectivity index (χ0n) is 38.3. The van der Waals surface area contributed by atoms with Crippen LogP contribution in [0.25, 0.3) is 32.6 Å². The lowest BCUT2D eigenvalue weighted by Crippen LogP contribution is -2.55. The quantitative estimate of drug-likeness (QED) is 0.0143. The van der Waals surface area contributed by atoms with Crippen LogP contribution in [0.2, 0.25) is 0 Å². The van der Waals surface area contributed by atoms with Crippen LogP contribution in [0.1, 0.15) is 62.6 Å². The van der Waals surface area contributed by atoms with E-state index in [0.717, 1.165) is 31.3 Å². The predicted molar refractivity (Wildman–Crippen MR) is 262 cm³/mol. The number of primary amides is 1. The van der Waals surface area contributed by atoms with Crippen molar-refractivity contribution < 1.29 is 47.5 Å². The van der Waals surface area contributed by atoms with Crippen LogP contribution in [0.4, 0.5) is 15.3 Å². The standard InChI is InChI=1S/C48H63IN8O9/c1-31(2)43(56-41(58)29-64-25-23-63-24-26-65-30-49)46(60)55-40(13-10-20-51-47(50)61)45(59)53-35-16-14-34(15-17-35)28-66-48(62)52-19-8-5-9-21-57-22-18-36-33(4)44-42(32(3)38(36)27-57)37-11-6-7-12-39(37)54-44/h6-7,11-12,14-18,22,27,31,40,43H,5,8-10,13,19-21,23-26,28-30H2,1-4H3,(H7,50,51,52,53,55,56,58,59,60,61,62)/p+1. The van der Waals surface area contributed by atoms with E-state index in [1.807, 2.05) is 0 Å². The number of alkyl carbamates (subject to hydrolysis) is 1. The minimum atomic E-state index is -1.01. The molecule has 0 bridgehead atoms. The smallest absolute Gasteiger partial charge is 0.407 e. The highest BCUT2D eigenvalue weighted by Crippen LogP contribution is 2.35. The largest absolute Gasteiger partial charge is 0.445 e. The first-order valence-corrected chi connectivity index (χ1v) is 23.9. The molecule has 17 nitrogen and oxygen atoms in total. The number of nitrogens with one attached hydrogen (secondary N) is 6. The topological polar surface area (TPSA) is 228 Å². The molecule has 18 heteroatoms. The molecule has 356 valence electrons. The number of hydrogen-bond donors (Lipinski definition) is 7. The summed E-state index contributed by atoms with van der Waals surface area (Å²) in [7, 11) is 0. The SMILES string of the molecule is Cc1c2cc[n+](CCCCCNC(=O)OCc3ccc(NC(=O)C(CCCNC(N)=O)NC(=O)C(NC(=O)COCCOCCOCI)C(C)C)cc3)cc2c(C)c2c1[nH]c1ccccc12. The lowest BCUT2D eigenvalue weighted by atomic mass is 9.97. The summed E-state index contributed by atoms with van der Waals surface area (Å²) in [5, 5.41) is 18.6. The van der Waals surface area contributed by atoms with Gasteiger partial charge in [-0.1, -0.05) is 66.8 Å². The van der Waals surface area contributed by atoms with Crippen LogP contribution in [0.15, 0.2) is 67.0 Å². The molecule has 8 N–H and O–H groups in total. The molecule has 0 aliphatic rings. The van der Waals surface area contributed by atoms with Crippen molar-refractivity contribution in [3.63, 3.8) is 0 Å². The Hall–Kier alpha value is -5.57. The number of aromatic amines is 1. The number of hydrogen-bond acceptors (Lipinski definition) is 9. The van der Waals surface area contributed by atoms with Crippen molar-refractivity contribution in [2.45, 2.75) is 85.0 Å². The summed E-state index contributed by atoms with van der Waals surface area (Å²) < 4.78 is 24.2. The van der Waals surface area contributed by atoms with E-state index >= 15 is 0 Å². The summed E-state index contributed by atoms with van der Waals surface area (Å²) in [5.41, 5.74) is 11.2. The minimum Gasteiger partial charge on any atom is -0.445 e. The van der Waals surface area contributed by atoms with Gasteiger partial charge >= 0.3 is 12.1 Å². The van der Waals surface area contributed by atoms with Crippen LogP contribution in [-0.2, 0) is 46.5 Å². The molecular formula is C48H64IN8O9+. The molecule has 0 fully saturated rings. The Morgan fingerprint density at radius 1 is 0.773 bits per heavy atom. The number of anilines is 1. The van der Waals surface area contributed by atoms with Crippen molar-refractivity contribution in [2.75, 3.05) is 56.1 Å². The van der Waals surface area contributed by atoms with Gasteiger partial charge in [-0.25, -0.2) is 14.2 Å². The second-order valence-corrected chi connectivity index (χ2v) is 17.0. The van der Waals surface area contributed by atoms with Crippen molar-refractivity contribution in [3.8, 4) is 0 Å². The molecular weight excluding hydrogens is 959 g/mol. The number of carbonyl (C=O) groups is 5. The Balaban J connectivity index is 1.03. The fourth-order valence-electron chi connectivity index (χ4n) is 7.64. The van der Waals surface area contributed by atoms with Crippen molar-refractivity contribution >= 4 is 90.7 Å². The lowest BCUT2D eigenvalue weighted by molar-refractivity contribution is -0.696. The van der Waals surface area contributed by atoms with E-state index in [1.165, 1.54) is 38.2 Å². The van der Waals surface area contributed by atoms with Gasteiger partial charge in [-0.05, 0) is 85.7 Å². The van der Waals surface area contributed by atoms with Crippen LogP contribution < -0.4 is 36.9 Å². The molecule has 2 unspecified atom stereocenters. The lowest BCUT2D eigenvalue weighted by Gasteiger charge is -2.25. The van der Waals surface area contributed by atoms with Gasteiger partial charge in [0.05, 0.1) is 36.6 Å². The molecule has 0 radical (unpaired) electrons. The predicted octanol–water partition coefficient (Wildman–Crippen LogP) is 5.93. The number of ether oxygens (including phenoxy) is 4. The van der Waals surface area contributed by atoms with E-state index in [4.69, 9.17) is 24.7 Å². The molecule has 2 heterocycles. The maximum atomic E-state index is 13.5. The van der Waals surface area contributed by atoms with Crippen molar-refractivity contribution in [3.05, 3.63) is 83.7 Å². The average Bonchev–Trinajstić information content (AvgIpc) is 3.70. The van der Waals surface area contributed by atoms with Gasteiger partial charge in [0.2, 0.25) is 17.7 Å². The Bertz CT molecular complexity index is 2410. The molecule has 3 aromatic carbocycles. The summed E-state index contributed by atoms with van der Waals surface area (Å²) in [6.45, 7) is 10.6. The van der Waals surface area contributed by atoms with Gasteiger partial charge in [-0.2, -0.15) is 0 Å². The number of benzene rings is 3. The Morgan fingerprint density at radius 3 is 2.24 bits per heavy atom. The molecule has 5 aromatic rings. The number of rotatable bonds is 27. The van der Waals surface area contributed by atoms with Crippen molar-refractivity contribution in [2.24, 2.45) is 11.7 Å². The van der Waals surface area contributed by atoms with Gasteiger partial charge in [0.25, 0.3) is 0 Å². The van der Waals surface area contributed by atoms with Crippen LogP contribution in [0, 0.1) is 19.8 Å². The number of nitrogens with zero attached hydrogens (tertiary/aromatic N) is 1. The van der Waals surface area contributed by atoms with E-state index in [0.29, 0.717) is 42.0 Å². The summed E-state index contributed by atoms with van der Waals surface area (Å²) in [5.74, 6) is -1.86. The highest BCUT2D eigenvalue weighted by atomic mass is 127. The molecule has 6 amide bonds. The highest BCUT2D eigenvalue weighted by Gasteiger charge is 2.29. The van der Waals surface area contributed by atoms with Crippen LogP contribution in [0.5, 0.6) is 0 Å². The number of carbonyl (C=O) groups excluding carboxylic acids is 5. The van der Waals surface area contributed by atoms with Crippen molar-refractivity contribution in [1.29, 1.82) is 0 Å². The fraction of sp³-hybridized carbons (Fsp3) is 0.458. The van der Waals surface area contributed by atoms with E-state index in [2.05, 4.69) is 115 Å². The van der Waals surface area contributed by atoms with Gasteiger partial charge in [0.15, 0.2) is 12.4 Å². The Labute approximate surface area is 399 Å². The molecule has 0 saturated heterocycles. The molecule has 0 aliphatic heterocycles. The fourth-order valence-corrected chi connectivity index (χ4v) is 7.95. The van der Waals surface area contributed by atoms with Gasteiger partial charge < -0.3 is 56.2 Å². The summed E-state index contributed by atoms with van der Waals surface area (Å²) in [6, 6.07) is 14.8. The monoisotopic (exact) mass is 1020 g/mol. The third-order valence-electron chi connectivity index (χ3n) is 11.2. The van der Waals surface area contributed by atoms with Crippen LogP contribution in [0.3, 0.4) is 0 Å². The van der Waals surface area contributed by atoms with Gasteiger partial charge in [0.1, 0.15) is 31.8 Å². The number of aryl methyl sites for hydroxylation is 3. The summed E-state index contributed by atoms with van der Waals surface area (Å²) >= 11 is 2.10. The van der Waals surface area contributed by atoms with E-state index < -0.39 is 41.9 Å². The first kappa shape index (κ1) is 51.4. The number of nitrogens with two attached hydrogens (primary N) is 1. The van der Waals surface area contributed by atoms with Crippen LogP contribution in [-0.4, -0.2) is 97.7 Å². The number of amides is 6. The molecule has 5 rings (SSSR count).